The number of thiocarbonyl (C=S) groups is 1. The molecule has 1 saturated heterocycles. The summed E-state index contributed by atoms with van der Waals surface area (Å²) in [5.74, 6) is -0.0287. The van der Waals surface area contributed by atoms with Crippen LogP contribution in [0.1, 0.15) is 5.56 Å². The first-order chi connectivity index (χ1) is 10.1. The summed E-state index contributed by atoms with van der Waals surface area (Å²) in [4.78, 5) is 11.4. The number of allylic oxidation sites excluding steroid dienone is 2. The van der Waals surface area contributed by atoms with E-state index in [2.05, 4.69) is 5.32 Å². The Kier molecular flexibility index (Phi) is 3.41. The van der Waals surface area contributed by atoms with E-state index < -0.39 is 0 Å². The van der Waals surface area contributed by atoms with Gasteiger partial charge in [-0.2, -0.15) is 0 Å². The van der Waals surface area contributed by atoms with E-state index in [1.165, 1.54) is 6.08 Å². The first-order valence-corrected chi connectivity index (χ1v) is 6.68. The predicted octanol–water partition coefficient (Wildman–Crippen LogP) is 2.87. The molecule has 5 heteroatoms. The highest BCUT2D eigenvalue weighted by Gasteiger charge is 2.22. The van der Waals surface area contributed by atoms with Crippen molar-refractivity contribution in [1.82, 2.24) is 5.32 Å². The Morgan fingerprint density at radius 2 is 2.00 bits per heavy atom. The predicted molar refractivity (Wildman–Crippen MR) is 84.6 cm³/mol. The van der Waals surface area contributed by atoms with Crippen LogP contribution in [-0.2, 0) is 9.53 Å². The number of hydrogen-bond donors (Lipinski definition) is 2. The average Bonchev–Trinajstić information content (AvgIpc) is 2.80. The molecule has 0 radical (unpaired) electrons. The van der Waals surface area contributed by atoms with Crippen molar-refractivity contribution in [2.75, 3.05) is 0 Å². The molecule has 2 aromatic carbocycles. The van der Waals surface area contributed by atoms with E-state index >= 15 is 0 Å². The minimum absolute atomic E-state index is 0.0493. The van der Waals surface area contributed by atoms with E-state index in [9.17, 15) is 9.90 Å². The van der Waals surface area contributed by atoms with Crippen LogP contribution in [0.15, 0.2) is 54.3 Å². The Labute approximate surface area is 126 Å². The molecule has 2 N–H and O–H groups in total. The van der Waals surface area contributed by atoms with Crippen molar-refractivity contribution < 1.29 is 14.6 Å². The lowest BCUT2D eigenvalue weighted by Gasteiger charge is -2.03. The smallest absolute Gasteiger partial charge is 0.294 e. The van der Waals surface area contributed by atoms with E-state index in [4.69, 9.17) is 17.0 Å². The maximum absolute atomic E-state index is 11.4. The van der Waals surface area contributed by atoms with Crippen LogP contribution in [-0.4, -0.2) is 16.2 Å². The van der Waals surface area contributed by atoms with Crippen molar-refractivity contribution in [2.24, 2.45) is 0 Å². The summed E-state index contributed by atoms with van der Waals surface area (Å²) in [6.45, 7) is 0. The number of nitrogens with one attached hydrogen (secondary N) is 1. The van der Waals surface area contributed by atoms with Crippen LogP contribution in [0.2, 0.25) is 0 Å². The summed E-state index contributed by atoms with van der Waals surface area (Å²) < 4.78 is 5.03. The molecule has 0 atom stereocenters. The largest absolute Gasteiger partial charge is 0.507 e. The van der Waals surface area contributed by atoms with Gasteiger partial charge in [0.1, 0.15) is 5.75 Å². The van der Waals surface area contributed by atoms with Crippen LogP contribution in [0.3, 0.4) is 0 Å². The fraction of sp³-hybridized carbons (Fsp3) is 0. The van der Waals surface area contributed by atoms with Crippen LogP contribution < -0.4 is 5.32 Å². The third-order valence-corrected chi connectivity index (χ3v) is 3.28. The highest BCUT2D eigenvalue weighted by Crippen LogP contribution is 2.29. The molecule has 1 heterocycles. The third-order valence-electron chi connectivity index (χ3n) is 3.10. The van der Waals surface area contributed by atoms with Crippen LogP contribution in [0.5, 0.6) is 5.75 Å². The Hall–Kier alpha value is -2.66. The van der Waals surface area contributed by atoms with Gasteiger partial charge in [-0.1, -0.05) is 48.6 Å². The lowest BCUT2D eigenvalue weighted by molar-refractivity contribution is -0.116. The van der Waals surface area contributed by atoms with Gasteiger partial charge in [-0.05, 0) is 23.7 Å². The molecule has 0 saturated carbocycles. The van der Waals surface area contributed by atoms with Gasteiger partial charge in [-0.3, -0.25) is 10.1 Å². The Balaban J connectivity index is 1.90. The van der Waals surface area contributed by atoms with Gasteiger partial charge in [0.05, 0.1) is 0 Å². The quantitative estimate of drug-likeness (QED) is 0.661. The standard InChI is InChI=1S/C16H11NO3S/c18-14-11(9-8-10-4-1-2-6-12(10)14)5-3-7-13-15(19)17-16(21)20-13/h1-9,18H,(H,17,19,21). The van der Waals surface area contributed by atoms with Crippen molar-refractivity contribution in [1.29, 1.82) is 0 Å². The Morgan fingerprint density at radius 1 is 1.19 bits per heavy atom. The first-order valence-electron chi connectivity index (χ1n) is 6.27. The zero-order chi connectivity index (χ0) is 14.8. The van der Waals surface area contributed by atoms with E-state index in [0.717, 1.165) is 10.8 Å². The van der Waals surface area contributed by atoms with Gasteiger partial charge in [0.15, 0.2) is 5.76 Å². The molecule has 4 nitrogen and oxygen atoms in total. The number of aromatic hydroxyl groups is 1. The number of carbonyl (C=O) groups excluding carboxylic acids is 1. The molecule has 0 bridgehead atoms. The second kappa shape index (κ2) is 5.38. The fourth-order valence-corrected chi connectivity index (χ4v) is 2.26. The van der Waals surface area contributed by atoms with Crippen molar-refractivity contribution in [3.8, 4) is 5.75 Å². The van der Waals surface area contributed by atoms with Crippen molar-refractivity contribution in [3.63, 3.8) is 0 Å². The number of carbonyl (C=O) groups is 1. The summed E-state index contributed by atoms with van der Waals surface area (Å²) in [6, 6.07) is 11.3. The zero-order valence-electron chi connectivity index (χ0n) is 10.9. The van der Waals surface area contributed by atoms with Crippen molar-refractivity contribution >= 4 is 40.1 Å². The topological polar surface area (TPSA) is 58.6 Å². The molecular formula is C16H11NO3S. The molecule has 0 aromatic heterocycles. The zero-order valence-corrected chi connectivity index (χ0v) is 11.7. The van der Waals surface area contributed by atoms with Crippen LogP contribution in [0.25, 0.3) is 16.8 Å². The average molecular weight is 297 g/mol. The second-order valence-corrected chi connectivity index (χ2v) is 4.83. The number of phenols is 1. The van der Waals surface area contributed by atoms with Gasteiger partial charge in [0, 0.05) is 10.9 Å². The maximum atomic E-state index is 11.4. The molecule has 1 fully saturated rings. The van der Waals surface area contributed by atoms with Gasteiger partial charge in [-0.25, -0.2) is 0 Å². The van der Waals surface area contributed by atoms with E-state index in [-0.39, 0.29) is 22.6 Å². The molecule has 0 unspecified atom stereocenters. The van der Waals surface area contributed by atoms with Crippen molar-refractivity contribution in [3.05, 3.63) is 59.9 Å². The third kappa shape index (κ3) is 2.64. The Bertz CT molecular complexity index is 808. The molecule has 2 aromatic rings. The van der Waals surface area contributed by atoms with Crippen molar-refractivity contribution in [2.45, 2.75) is 0 Å². The highest BCUT2D eigenvalue weighted by molar-refractivity contribution is 7.80. The summed E-state index contributed by atoms with van der Waals surface area (Å²) in [5.41, 5.74) is 0.659. The van der Waals surface area contributed by atoms with Gasteiger partial charge >= 0.3 is 0 Å². The number of benzene rings is 2. The number of hydrogen-bond acceptors (Lipinski definition) is 4. The molecule has 21 heavy (non-hydrogen) atoms. The van der Waals surface area contributed by atoms with E-state index in [1.54, 1.807) is 12.2 Å². The minimum Gasteiger partial charge on any atom is -0.507 e. The fourth-order valence-electron chi connectivity index (χ4n) is 2.08. The van der Waals surface area contributed by atoms with Crippen LogP contribution in [0.4, 0.5) is 0 Å². The van der Waals surface area contributed by atoms with E-state index in [1.807, 2.05) is 36.4 Å². The van der Waals surface area contributed by atoms with Gasteiger partial charge < -0.3 is 9.84 Å². The molecule has 3 rings (SSSR count). The molecule has 0 spiro atoms. The number of phenolic OH excluding ortho intramolecular Hbond substituents is 1. The number of rotatable bonds is 2. The lowest BCUT2D eigenvalue weighted by atomic mass is 10.0. The van der Waals surface area contributed by atoms with E-state index in [0.29, 0.717) is 5.56 Å². The van der Waals surface area contributed by atoms with Crippen LogP contribution >= 0.6 is 12.2 Å². The number of amides is 1. The molecule has 104 valence electrons. The van der Waals surface area contributed by atoms with Gasteiger partial charge in [0.25, 0.3) is 11.1 Å². The summed E-state index contributed by atoms with van der Waals surface area (Å²) in [6.07, 6.45) is 4.84. The molecular weight excluding hydrogens is 286 g/mol. The second-order valence-electron chi connectivity index (χ2n) is 4.46. The molecule has 0 aliphatic carbocycles. The van der Waals surface area contributed by atoms with Gasteiger partial charge in [0.2, 0.25) is 0 Å². The summed E-state index contributed by atoms with van der Waals surface area (Å²) in [7, 11) is 0. The molecule has 1 aliphatic rings. The molecule has 1 aliphatic heterocycles. The maximum Gasteiger partial charge on any atom is 0.294 e. The summed E-state index contributed by atoms with van der Waals surface area (Å²) in [5, 5.41) is 14.4. The highest BCUT2D eigenvalue weighted by atomic mass is 32.1. The first kappa shape index (κ1) is 13.3. The van der Waals surface area contributed by atoms with Gasteiger partial charge in [-0.15, -0.1) is 0 Å². The van der Waals surface area contributed by atoms with Crippen LogP contribution in [0, 0.1) is 0 Å². The lowest BCUT2D eigenvalue weighted by Crippen LogP contribution is -2.18. The minimum atomic E-state index is -0.368. The summed E-state index contributed by atoms with van der Waals surface area (Å²) >= 11 is 4.73. The normalized spacial score (nSPS) is 16.7. The molecule has 1 amide bonds. The number of fused-ring (bicyclic) bond motifs is 1. The Morgan fingerprint density at radius 3 is 2.76 bits per heavy atom. The monoisotopic (exact) mass is 297 g/mol. The number of ether oxygens (including phenoxy) is 1. The SMILES string of the molecule is O=C1NC(=S)OC1=CC=Cc1ccc2ccccc2c1O.